The summed E-state index contributed by atoms with van der Waals surface area (Å²) < 4.78 is 0. The molecule has 0 aromatic heterocycles. The van der Waals surface area contributed by atoms with E-state index in [-0.39, 0.29) is 5.54 Å². The maximum Gasteiger partial charge on any atom is 0.0970 e. The van der Waals surface area contributed by atoms with Crippen molar-refractivity contribution in [2.24, 2.45) is 0 Å². The minimum Gasteiger partial charge on any atom is -0.386 e. The van der Waals surface area contributed by atoms with E-state index in [2.05, 4.69) is 52.5 Å². The molecule has 1 atom stereocenters. The molecule has 1 N–H and O–H groups in total. The first-order valence-corrected chi connectivity index (χ1v) is 6.85. The SMILES string of the molecule is CCN(CC)C(C)(C)C(O)c1cccc(C)c1C. The molecule has 2 nitrogen and oxygen atoms in total. The highest BCUT2D eigenvalue weighted by atomic mass is 16.3. The van der Waals surface area contributed by atoms with Crippen LogP contribution in [-0.2, 0) is 0 Å². The zero-order valence-corrected chi connectivity index (χ0v) is 12.6. The van der Waals surface area contributed by atoms with Gasteiger partial charge in [-0.05, 0) is 57.5 Å². The summed E-state index contributed by atoms with van der Waals surface area (Å²) in [6.07, 6.45) is -0.461. The molecule has 0 aliphatic carbocycles. The van der Waals surface area contributed by atoms with Gasteiger partial charge in [0.1, 0.15) is 0 Å². The first-order valence-electron chi connectivity index (χ1n) is 6.85. The van der Waals surface area contributed by atoms with Crippen molar-refractivity contribution in [1.29, 1.82) is 0 Å². The minimum absolute atomic E-state index is 0.248. The molecular weight excluding hydrogens is 222 g/mol. The Bertz CT molecular complexity index is 394. The molecular formula is C16H27NO. The van der Waals surface area contributed by atoms with E-state index in [0.717, 1.165) is 18.7 Å². The summed E-state index contributed by atoms with van der Waals surface area (Å²) in [4.78, 5) is 2.30. The fraction of sp³-hybridized carbons (Fsp3) is 0.625. The average Bonchev–Trinajstić information content (AvgIpc) is 2.33. The largest absolute Gasteiger partial charge is 0.386 e. The van der Waals surface area contributed by atoms with Crippen LogP contribution < -0.4 is 0 Å². The third kappa shape index (κ3) is 2.76. The second-order valence-electron chi connectivity index (χ2n) is 5.52. The second kappa shape index (κ2) is 5.85. The fourth-order valence-electron chi connectivity index (χ4n) is 2.66. The van der Waals surface area contributed by atoms with Gasteiger partial charge in [0.05, 0.1) is 6.10 Å². The maximum absolute atomic E-state index is 10.7. The minimum atomic E-state index is -0.461. The molecule has 2 heteroatoms. The van der Waals surface area contributed by atoms with E-state index in [1.54, 1.807) is 0 Å². The lowest BCUT2D eigenvalue weighted by Gasteiger charge is -2.41. The Morgan fingerprint density at radius 3 is 2.22 bits per heavy atom. The predicted octanol–water partition coefficient (Wildman–Crippen LogP) is 3.46. The van der Waals surface area contributed by atoms with Crippen molar-refractivity contribution in [2.45, 2.75) is 53.2 Å². The van der Waals surface area contributed by atoms with Gasteiger partial charge in [-0.1, -0.05) is 32.0 Å². The zero-order valence-electron chi connectivity index (χ0n) is 12.6. The molecule has 1 unspecified atom stereocenters. The molecule has 0 aliphatic rings. The topological polar surface area (TPSA) is 23.5 Å². The molecule has 1 rings (SSSR count). The van der Waals surface area contributed by atoms with E-state index in [4.69, 9.17) is 0 Å². The molecule has 18 heavy (non-hydrogen) atoms. The lowest BCUT2D eigenvalue weighted by atomic mass is 9.86. The number of benzene rings is 1. The molecule has 102 valence electrons. The van der Waals surface area contributed by atoms with Gasteiger partial charge in [-0.2, -0.15) is 0 Å². The summed E-state index contributed by atoms with van der Waals surface area (Å²) in [5, 5.41) is 10.7. The van der Waals surface area contributed by atoms with Gasteiger partial charge >= 0.3 is 0 Å². The summed E-state index contributed by atoms with van der Waals surface area (Å²) in [5.41, 5.74) is 3.24. The van der Waals surface area contributed by atoms with Gasteiger partial charge in [-0.15, -0.1) is 0 Å². The highest BCUT2D eigenvalue weighted by Crippen LogP contribution is 2.33. The van der Waals surface area contributed by atoms with Gasteiger partial charge < -0.3 is 5.11 Å². The van der Waals surface area contributed by atoms with E-state index >= 15 is 0 Å². The smallest absolute Gasteiger partial charge is 0.0970 e. The molecule has 0 saturated carbocycles. The van der Waals surface area contributed by atoms with Crippen LogP contribution in [0, 0.1) is 13.8 Å². The van der Waals surface area contributed by atoms with Crippen molar-refractivity contribution >= 4 is 0 Å². The van der Waals surface area contributed by atoms with E-state index in [1.165, 1.54) is 11.1 Å². The number of nitrogens with zero attached hydrogens (tertiary/aromatic N) is 1. The Labute approximate surface area is 112 Å². The van der Waals surface area contributed by atoms with E-state index in [1.807, 2.05) is 12.1 Å². The molecule has 0 fully saturated rings. The Hall–Kier alpha value is -0.860. The molecule has 0 aliphatic heterocycles. The van der Waals surface area contributed by atoms with Gasteiger partial charge in [0.2, 0.25) is 0 Å². The normalized spacial score (nSPS) is 14.0. The van der Waals surface area contributed by atoms with Crippen molar-refractivity contribution in [3.63, 3.8) is 0 Å². The van der Waals surface area contributed by atoms with Crippen LogP contribution in [0.1, 0.15) is 50.5 Å². The van der Waals surface area contributed by atoms with Crippen LogP contribution in [0.15, 0.2) is 18.2 Å². The molecule has 0 saturated heterocycles. The van der Waals surface area contributed by atoms with Crippen LogP contribution >= 0.6 is 0 Å². The Morgan fingerprint density at radius 2 is 1.72 bits per heavy atom. The van der Waals surface area contributed by atoms with E-state index in [9.17, 15) is 5.11 Å². The number of hydrogen-bond donors (Lipinski definition) is 1. The Morgan fingerprint density at radius 1 is 1.17 bits per heavy atom. The molecule has 1 aromatic carbocycles. The van der Waals surface area contributed by atoms with Crippen LogP contribution in [0.3, 0.4) is 0 Å². The quantitative estimate of drug-likeness (QED) is 0.864. The van der Waals surface area contributed by atoms with Crippen molar-refractivity contribution in [3.8, 4) is 0 Å². The second-order valence-corrected chi connectivity index (χ2v) is 5.52. The standard InChI is InChI=1S/C16H27NO/c1-7-17(8-2)16(5,6)15(18)14-11-9-10-12(3)13(14)4/h9-11,15,18H,7-8H2,1-6H3. The van der Waals surface area contributed by atoms with Crippen LogP contribution in [-0.4, -0.2) is 28.6 Å². The van der Waals surface area contributed by atoms with Gasteiger partial charge in [-0.25, -0.2) is 0 Å². The molecule has 0 spiro atoms. The third-order valence-electron chi connectivity index (χ3n) is 4.19. The average molecular weight is 249 g/mol. The van der Waals surface area contributed by atoms with E-state index in [0.29, 0.717) is 0 Å². The molecule has 1 aromatic rings. The number of aliphatic hydroxyl groups excluding tert-OH is 1. The van der Waals surface area contributed by atoms with Crippen molar-refractivity contribution in [2.75, 3.05) is 13.1 Å². The van der Waals surface area contributed by atoms with Crippen LogP contribution in [0.4, 0.5) is 0 Å². The molecule has 0 heterocycles. The highest BCUT2D eigenvalue weighted by Gasteiger charge is 2.34. The van der Waals surface area contributed by atoms with Crippen molar-refractivity contribution in [3.05, 3.63) is 34.9 Å². The van der Waals surface area contributed by atoms with Gasteiger partial charge in [0.15, 0.2) is 0 Å². The number of likely N-dealkylation sites (N-methyl/N-ethyl adjacent to an activating group) is 1. The van der Waals surface area contributed by atoms with E-state index < -0.39 is 6.10 Å². The Kier molecular flexibility index (Phi) is 4.94. The summed E-state index contributed by atoms with van der Waals surface area (Å²) in [5.74, 6) is 0. The van der Waals surface area contributed by atoms with Crippen LogP contribution in [0.5, 0.6) is 0 Å². The summed E-state index contributed by atoms with van der Waals surface area (Å²) in [7, 11) is 0. The number of hydrogen-bond acceptors (Lipinski definition) is 2. The summed E-state index contributed by atoms with van der Waals surface area (Å²) in [6, 6.07) is 6.16. The van der Waals surface area contributed by atoms with Gasteiger partial charge in [-0.3, -0.25) is 4.90 Å². The molecule has 0 bridgehead atoms. The first kappa shape index (κ1) is 15.2. The first-order chi connectivity index (χ1) is 8.36. The molecule has 0 radical (unpaired) electrons. The summed E-state index contributed by atoms with van der Waals surface area (Å²) in [6.45, 7) is 14.6. The number of rotatable bonds is 5. The third-order valence-corrected chi connectivity index (χ3v) is 4.19. The fourth-order valence-corrected chi connectivity index (χ4v) is 2.66. The monoisotopic (exact) mass is 249 g/mol. The Balaban J connectivity index is 3.12. The van der Waals surface area contributed by atoms with Crippen LogP contribution in [0.25, 0.3) is 0 Å². The van der Waals surface area contributed by atoms with Gasteiger partial charge in [0.25, 0.3) is 0 Å². The van der Waals surface area contributed by atoms with Gasteiger partial charge in [0, 0.05) is 5.54 Å². The zero-order chi connectivity index (χ0) is 13.9. The number of aryl methyl sites for hydroxylation is 1. The predicted molar refractivity (Wildman–Crippen MR) is 77.9 cm³/mol. The maximum atomic E-state index is 10.7. The molecule has 0 amide bonds. The highest BCUT2D eigenvalue weighted by molar-refractivity contribution is 5.36. The summed E-state index contributed by atoms with van der Waals surface area (Å²) >= 11 is 0. The number of aliphatic hydroxyl groups is 1. The van der Waals surface area contributed by atoms with Crippen molar-refractivity contribution < 1.29 is 5.11 Å². The van der Waals surface area contributed by atoms with Crippen molar-refractivity contribution in [1.82, 2.24) is 4.90 Å². The van der Waals surface area contributed by atoms with Crippen LogP contribution in [0.2, 0.25) is 0 Å². The lowest BCUT2D eigenvalue weighted by Crippen LogP contribution is -2.48. The lowest BCUT2D eigenvalue weighted by molar-refractivity contribution is -0.00662.